The smallest absolute Gasteiger partial charge is 0.161 e. The van der Waals surface area contributed by atoms with E-state index in [9.17, 15) is 0 Å². The van der Waals surface area contributed by atoms with Crippen molar-refractivity contribution in [3.05, 3.63) is 47.5 Å². The predicted octanol–water partition coefficient (Wildman–Crippen LogP) is 5.04. The number of benzene rings is 2. The fourth-order valence-electron chi connectivity index (χ4n) is 3.06. The predicted molar refractivity (Wildman–Crippen MR) is 100 cm³/mol. The molecule has 1 unspecified atom stereocenters. The highest BCUT2D eigenvalue weighted by atomic mass is 16.5. The van der Waals surface area contributed by atoms with E-state index in [-0.39, 0.29) is 5.92 Å². The molecule has 0 aliphatic rings. The summed E-state index contributed by atoms with van der Waals surface area (Å²) in [6.07, 6.45) is 2.11. The van der Waals surface area contributed by atoms with Crippen molar-refractivity contribution in [1.82, 2.24) is 0 Å². The van der Waals surface area contributed by atoms with E-state index in [0.29, 0.717) is 6.61 Å². The summed E-state index contributed by atoms with van der Waals surface area (Å²) in [4.78, 5) is 0. The first-order valence-corrected chi connectivity index (χ1v) is 8.71. The number of ether oxygens (including phenoxy) is 4. The number of methoxy groups -OCH3 is 3. The molecule has 2 rings (SSSR count). The highest BCUT2D eigenvalue weighted by Crippen LogP contribution is 2.38. The lowest BCUT2D eigenvalue weighted by molar-refractivity contribution is 0.310. The minimum Gasteiger partial charge on any atom is -0.493 e. The Labute approximate surface area is 150 Å². The van der Waals surface area contributed by atoms with Crippen molar-refractivity contribution >= 4 is 0 Å². The molecule has 0 radical (unpaired) electrons. The topological polar surface area (TPSA) is 36.9 Å². The van der Waals surface area contributed by atoms with E-state index in [4.69, 9.17) is 18.9 Å². The van der Waals surface area contributed by atoms with Crippen LogP contribution in [0.4, 0.5) is 0 Å². The van der Waals surface area contributed by atoms with Crippen LogP contribution >= 0.6 is 0 Å². The van der Waals surface area contributed by atoms with Gasteiger partial charge in [-0.25, -0.2) is 0 Å². The maximum atomic E-state index is 5.74. The van der Waals surface area contributed by atoms with Gasteiger partial charge < -0.3 is 18.9 Å². The molecule has 0 heterocycles. The second-order valence-electron chi connectivity index (χ2n) is 5.80. The van der Waals surface area contributed by atoms with Gasteiger partial charge in [-0.1, -0.05) is 25.5 Å². The molecule has 2 aromatic carbocycles. The van der Waals surface area contributed by atoms with Gasteiger partial charge in [-0.3, -0.25) is 0 Å². The number of rotatable bonds is 9. The molecule has 2 aromatic rings. The van der Waals surface area contributed by atoms with Crippen LogP contribution in [0.25, 0.3) is 0 Å². The van der Waals surface area contributed by atoms with Gasteiger partial charge in [0.1, 0.15) is 0 Å². The van der Waals surface area contributed by atoms with E-state index in [1.165, 1.54) is 11.1 Å². The van der Waals surface area contributed by atoms with Gasteiger partial charge in [0.2, 0.25) is 0 Å². The Balaban J connectivity index is 2.45. The Morgan fingerprint density at radius 3 is 1.72 bits per heavy atom. The Morgan fingerprint density at radius 1 is 0.720 bits per heavy atom. The van der Waals surface area contributed by atoms with Gasteiger partial charge in [-0.05, 0) is 48.7 Å². The molecular weight excluding hydrogens is 316 g/mol. The lowest BCUT2D eigenvalue weighted by Crippen LogP contribution is -2.04. The van der Waals surface area contributed by atoms with Crippen LogP contribution < -0.4 is 18.9 Å². The first kappa shape index (κ1) is 19.0. The quantitative estimate of drug-likeness (QED) is 0.638. The average Bonchev–Trinajstić information content (AvgIpc) is 2.65. The van der Waals surface area contributed by atoms with Gasteiger partial charge >= 0.3 is 0 Å². The molecule has 0 N–H and O–H groups in total. The fraction of sp³-hybridized carbons (Fsp3) is 0.429. The second-order valence-corrected chi connectivity index (χ2v) is 5.80. The van der Waals surface area contributed by atoms with E-state index in [2.05, 4.69) is 31.2 Å². The average molecular weight is 344 g/mol. The zero-order valence-corrected chi connectivity index (χ0v) is 15.8. The maximum Gasteiger partial charge on any atom is 0.161 e. The molecule has 0 amide bonds. The summed E-state index contributed by atoms with van der Waals surface area (Å²) in [5.41, 5.74) is 2.41. The van der Waals surface area contributed by atoms with Crippen molar-refractivity contribution in [3.8, 4) is 23.0 Å². The van der Waals surface area contributed by atoms with Crippen molar-refractivity contribution in [3.63, 3.8) is 0 Å². The Hall–Kier alpha value is -2.36. The third-order valence-corrected chi connectivity index (χ3v) is 4.28. The molecular formula is C21H28O4. The van der Waals surface area contributed by atoms with Gasteiger partial charge in [0.05, 0.1) is 27.9 Å². The first-order valence-electron chi connectivity index (χ1n) is 8.71. The Kier molecular flexibility index (Phi) is 6.99. The molecule has 0 fully saturated rings. The van der Waals surface area contributed by atoms with Crippen LogP contribution in [0.3, 0.4) is 0 Å². The van der Waals surface area contributed by atoms with Gasteiger partial charge in [0.15, 0.2) is 23.0 Å². The van der Waals surface area contributed by atoms with Crippen LogP contribution in [0.5, 0.6) is 23.0 Å². The van der Waals surface area contributed by atoms with Crippen molar-refractivity contribution in [2.75, 3.05) is 27.9 Å². The monoisotopic (exact) mass is 344 g/mol. The maximum absolute atomic E-state index is 5.74. The van der Waals surface area contributed by atoms with E-state index in [0.717, 1.165) is 35.8 Å². The summed E-state index contributed by atoms with van der Waals surface area (Å²) >= 11 is 0. The lowest BCUT2D eigenvalue weighted by Gasteiger charge is -2.20. The Morgan fingerprint density at radius 2 is 1.24 bits per heavy atom. The van der Waals surface area contributed by atoms with E-state index < -0.39 is 0 Å². The van der Waals surface area contributed by atoms with E-state index in [1.54, 1.807) is 21.3 Å². The number of hydrogen-bond donors (Lipinski definition) is 0. The normalized spacial score (nSPS) is 11.7. The van der Waals surface area contributed by atoms with Crippen LogP contribution in [0.2, 0.25) is 0 Å². The summed E-state index contributed by atoms with van der Waals surface area (Å²) in [7, 11) is 4.98. The van der Waals surface area contributed by atoms with Crippen molar-refractivity contribution in [2.45, 2.75) is 32.6 Å². The molecule has 0 aliphatic heterocycles. The van der Waals surface area contributed by atoms with Crippen LogP contribution in [0.15, 0.2) is 36.4 Å². The molecule has 25 heavy (non-hydrogen) atoms. The minimum atomic E-state index is 0.259. The van der Waals surface area contributed by atoms with Crippen LogP contribution in [0, 0.1) is 0 Å². The molecule has 136 valence electrons. The molecule has 0 bridgehead atoms. The van der Waals surface area contributed by atoms with Crippen LogP contribution in [-0.4, -0.2) is 27.9 Å². The largest absolute Gasteiger partial charge is 0.493 e. The summed E-state index contributed by atoms with van der Waals surface area (Å²) in [5.74, 6) is 3.29. The lowest BCUT2D eigenvalue weighted by atomic mass is 9.87. The first-order chi connectivity index (χ1) is 12.2. The SMILES string of the molecule is CCCC(c1ccc(OC)c(OC)c1)c1ccc(OC)c(OCC)c1. The molecule has 1 atom stereocenters. The second kappa shape index (κ2) is 9.21. The molecule has 0 saturated heterocycles. The van der Waals surface area contributed by atoms with Gasteiger partial charge in [0, 0.05) is 5.92 Å². The molecule has 4 nitrogen and oxygen atoms in total. The fourth-order valence-corrected chi connectivity index (χ4v) is 3.06. The highest BCUT2D eigenvalue weighted by Gasteiger charge is 2.18. The van der Waals surface area contributed by atoms with Crippen molar-refractivity contribution < 1.29 is 18.9 Å². The van der Waals surface area contributed by atoms with Gasteiger partial charge in [-0.2, -0.15) is 0 Å². The zero-order chi connectivity index (χ0) is 18.2. The minimum absolute atomic E-state index is 0.259. The molecule has 0 aliphatic carbocycles. The molecule has 4 heteroatoms. The molecule has 0 aromatic heterocycles. The summed E-state index contributed by atoms with van der Waals surface area (Å²) < 4.78 is 22.0. The molecule has 0 spiro atoms. The Bertz CT molecular complexity index is 682. The van der Waals surface area contributed by atoms with Crippen LogP contribution in [-0.2, 0) is 0 Å². The van der Waals surface area contributed by atoms with Crippen molar-refractivity contribution in [2.24, 2.45) is 0 Å². The van der Waals surface area contributed by atoms with Gasteiger partial charge in [0.25, 0.3) is 0 Å². The van der Waals surface area contributed by atoms with E-state index in [1.807, 2.05) is 19.1 Å². The summed E-state index contributed by atoms with van der Waals surface area (Å²) in [5, 5.41) is 0. The molecule has 0 saturated carbocycles. The highest BCUT2D eigenvalue weighted by molar-refractivity contribution is 5.49. The third kappa shape index (κ3) is 4.38. The summed E-state index contributed by atoms with van der Waals surface area (Å²) in [6, 6.07) is 12.3. The summed E-state index contributed by atoms with van der Waals surface area (Å²) in [6.45, 7) is 4.78. The third-order valence-electron chi connectivity index (χ3n) is 4.28. The van der Waals surface area contributed by atoms with Gasteiger partial charge in [-0.15, -0.1) is 0 Å². The van der Waals surface area contributed by atoms with E-state index >= 15 is 0 Å². The van der Waals surface area contributed by atoms with Crippen molar-refractivity contribution in [1.29, 1.82) is 0 Å². The zero-order valence-electron chi connectivity index (χ0n) is 15.8. The van der Waals surface area contributed by atoms with Crippen LogP contribution in [0.1, 0.15) is 43.7 Å². The standard InChI is InChI=1S/C21H28O4/c1-6-8-17(15-9-11-18(22-3)20(13-15)24-5)16-10-12-19(23-4)21(14-16)25-7-2/h9-14,17H,6-8H2,1-5H3. The number of hydrogen-bond acceptors (Lipinski definition) is 4.